The zero-order valence-electron chi connectivity index (χ0n) is 27.0. The first-order chi connectivity index (χ1) is 22.8. The number of benzene rings is 3. The molecule has 0 aromatic heterocycles. The van der Waals surface area contributed by atoms with E-state index in [1.54, 1.807) is 49.6 Å². The number of nitrogens with one attached hydrogen (secondary N) is 2. The highest BCUT2D eigenvalue weighted by atomic mass is 16.6. The summed E-state index contributed by atoms with van der Waals surface area (Å²) >= 11 is 0. The Morgan fingerprint density at radius 3 is 2.36 bits per heavy atom. The molecule has 11 nitrogen and oxygen atoms in total. The van der Waals surface area contributed by atoms with E-state index in [2.05, 4.69) is 27.4 Å². The summed E-state index contributed by atoms with van der Waals surface area (Å²) in [5.74, 6) is 0.577. The molecule has 47 heavy (non-hydrogen) atoms. The molecule has 6 rings (SSSR count). The van der Waals surface area contributed by atoms with Crippen LogP contribution in [-0.2, 0) is 15.1 Å². The molecule has 0 bridgehead atoms. The molecule has 3 heterocycles. The largest absolute Gasteiger partial charge is 0.508 e. The average molecular weight is 643 g/mol. The molecule has 0 radical (unpaired) electrons. The Hall–Kier alpha value is -4.61. The Balaban J connectivity index is 1.02. The maximum Gasteiger partial charge on any atom is 0.340 e. The molecule has 11 heteroatoms. The van der Waals surface area contributed by atoms with Crippen molar-refractivity contribution in [3.8, 4) is 23.0 Å². The van der Waals surface area contributed by atoms with Crippen molar-refractivity contribution in [3.05, 3.63) is 82.4 Å². The van der Waals surface area contributed by atoms with Crippen molar-refractivity contribution >= 4 is 17.8 Å². The number of aromatic hydroxyl groups is 1. The summed E-state index contributed by atoms with van der Waals surface area (Å²) in [5, 5.41) is 16.1. The molecule has 3 aliphatic rings. The lowest BCUT2D eigenvalue weighted by atomic mass is 9.77. The number of phenols is 1. The van der Waals surface area contributed by atoms with Gasteiger partial charge in [0.1, 0.15) is 23.0 Å². The quantitative estimate of drug-likeness (QED) is 0.198. The number of nitrogens with zero attached hydrogens (tertiary/aromatic N) is 2. The second-order valence-electron chi connectivity index (χ2n) is 12.2. The summed E-state index contributed by atoms with van der Waals surface area (Å²) < 4.78 is 17.6. The molecule has 1 spiro atoms. The molecular weight excluding hydrogens is 600 g/mol. The van der Waals surface area contributed by atoms with E-state index in [9.17, 15) is 19.5 Å². The molecule has 3 aromatic rings. The number of methoxy groups -OCH3 is 1. The highest BCUT2D eigenvalue weighted by Gasteiger charge is 2.53. The van der Waals surface area contributed by atoms with Gasteiger partial charge in [-0.3, -0.25) is 14.5 Å². The van der Waals surface area contributed by atoms with Gasteiger partial charge in [-0.1, -0.05) is 19.4 Å². The summed E-state index contributed by atoms with van der Waals surface area (Å²) in [6, 6.07) is 15.0. The molecule has 1 fully saturated rings. The molecule has 3 aromatic carbocycles. The number of amides is 2. The number of unbranched alkanes of at least 4 members (excludes halogenated alkanes) is 2. The fourth-order valence-electron chi connectivity index (χ4n) is 6.63. The van der Waals surface area contributed by atoms with Crippen LogP contribution in [0.3, 0.4) is 0 Å². The molecular formula is C36H42N4O7. The van der Waals surface area contributed by atoms with E-state index in [0.717, 1.165) is 58.5 Å². The van der Waals surface area contributed by atoms with Crippen LogP contribution >= 0.6 is 0 Å². The molecule has 1 unspecified atom stereocenters. The van der Waals surface area contributed by atoms with E-state index >= 15 is 0 Å². The standard InChI is InChI=1S/C36H42N4O7/c1-3-39-17-19-40(20-18-39)16-15-37-33(42)7-5-4-6-14-38-34(43)24-8-11-28-27(21-24)35(44)47-36(28)29-12-9-25(41)22-31(29)46-32-23-26(45-2)10-13-30(32)36/h8-13,21-23,41H,3-7,14-20H2,1-2H3,(H,37,42)(H,38,43). The third-order valence-electron chi connectivity index (χ3n) is 9.29. The third-order valence-corrected chi connectivity index (χ3v) is 9.29. The van der Waals surface area contributed by atoms with Crippen molar-refractivity contribution in [3.63, 3.8) is 0 Å². The number of hydrogen-bond acceptors (Lipinski definition) is 9. The van der Waals surface area contributed by atoms with E-state index < -0.39 is 11.6 Å². The first kappa shape index (κ1) is 32.3. The van der Waals surface area contributed by atoms with Crippen molar-refractivity contribution in [1.82, 2.24) is 20.4 Å². The first-order valence-electron chi connectivity index (χ1n) is 16.4. The fourth-order valence-corrected chi connectivity index (χ4v) is 6.63. The SMILES string of the molecule is CCN1CCN(CCNC(=O)CCCCCNC(=O)c2ccc3c(c2)C(=O)OC32c3ccc(O)cc3Oc3cc(OC)ccc32)CC1. The zero-order chi connectivity index (χ0) is 33.0. The first-order valence-corrected chi connectivity index (χ1v) is 16.4. The lowest BCUT2D eigenvalue weighted by Crippen LogP contribution is -2.48. The topological polar surface area (TPSA) is 130 Å². The number of ether oxygens (including phenoxy) is 3. The predicted octanol–water partition coefficient (Wildman–Crippen LogP) is 4.01. The maximum absolute atomic E-state index is 13.4. The molecule has 1 atom stereocenters. The smallest absolute Gasteiger partial charge is 0.340 e. The van der Waals surface area contributed by atoms with Gasteiger partial charge in [0.25, 0.3) is 5.91 Å². The van der Waals surface area contributed by atoms with Gasteiger partial charge in [-0.05, 0) is 55.8 Å². The van der Waals surface area contributed by atoms with Crippen LogP contribution in [-0.4, -0.2) is 92.2 Å². The minimum absolute atomic E-state index is 0.0112. The van der Waals surface area contributed by atoms with Crippen molar-refractivity contribution < 1.29 is 33.7 Å². The van der Waals surface area contributed by atoms with Crippen LogP contribution in [0, 0.1) is 0 Å². The van der Waals surface area contributed by atoms with E-state index in [1.807, 2.05) is 0 Å². The van der Waals surface area contributed by atoms with E-state index in [0.29, 0.717) is 59.0 Å². The predicted molar refractivity (Wildman–Crippen MR) is 175 cm³/mol. The van der Waals surface area contributed by atoms with Crippen LogP contribution in [0.4, 0.5) is 0 Å². The molecule has 0 aliphatic carbocycles. The van der Waals surface area contributed by atoms with Crippen LogP contribution in [0.15, 0.2) is 54.6 Å². The van der Waals surface area contributed by atoms with Gasteiger partial charge in [0.05, 0.1) is 12.7 Å². The van der Waals surface area contributed by atoms with Crippen LogP contribution < -0.4 is 20.1 Å². The number of piperazine rings is 1. The zero-order valence-corrected chi connectivity index (χ0v) is 27.0. The van der Waals surface area contributed by atoms with Crippen molar-refractivity contribution in [2.75, 3.05) is 59.5 Å². The molecule has 2 amide bonds. The highest BCUT2D eigenvalue weighted by molar-refractivity contribution is 6.01. The van der Waals surface area contributed by atoms with Gasteiger partial charge < -0.3 is 34.9 Å². The second kappa shape index (κ2) is 14.0. The Labute approximate surface area is 274 Å². The van der Waals surface area contributed by atoms with Gasteiger partial charge in [0, 0.05) is 86.6 Å². The van der Waals surface area contributed by atoms with E-state index in [4.69, 9.17) is 14.2 Å². The van der Waals surface area contributed by atoms with Crippen LogP contribution in [0.5, 0.6) is 23.0 Å². The molecule has 3 aliphatic heterocycles. The number of carbonyl (C=O) groups is 3. The number of fused-ring (bicyclic) bond motifs is 6. The minimum atomic E-state index is -1.32. The van der Waals surface area contributed by atoms with Gasteiger partial charge in [-0.2, -0.15) is 0 Å². The molecule has 1 saturated heterocycles. The monoisotopic (exact) mass is 642 g/mol. The molecule has 248 valence electrons. The van der Waals surface area contributed by atoms with Gasteiger partial charge in [0.2, 0.25) is 5.91 Å². The summed E-state index contributed by atoms with van der Waals surface area (Å²) in [5.41, 5.74) is 1.07. The van der Waals surface area contributed by atoms with Crippen molar-refractivity contribution in [2.24, 2.45) is 0 Å². The molecule has 0 saturated carbocycles. The normalized spacial score (nSPS) is 18.5. The summed E-state index contributed by atoms with van der Waals surface area (Å²) in [7, 11) is 1.55. The third kappa shape index (κ3) is 6.63. The van der Waals surface area contributed by atoms with Crippen LogP contribution in [0.2, 0.25) is 0 Å². The highest BCUT2D eigenvalue weighted by Crippen LogP contribution is 2.57. The lowest BCUT2D eigenvalue weighted by Gasteiger charge is -2.36. The Morgan fingerprint density at radius 1 is 0.872 bits per heavy atom. The summed E-state index contributed by atoms with van der Waals surface area (Å²) in [6.45, 7) is 9.55. The number of rotatable bonds is 12. The van der Waals surface area contributed by atoms with Gasteiger partial charge >= 0.3 is 5.97 Å². The number of phenolic OH excluding ortho intramolecular Hbond substituents is 1. The number of likely N-dealkylation sites (N-methyl/N-ethyl adjacent to an activating group) is 1. The lowest BCUT2D eigenvalue weighted by molar-refractivity contribution is -0.121. The fraction of sp³-hybridized carbons (Fsp3) is 0.417. The number of hydrogen-bond donors (Lipinski definition) is 3. The van der Waals surface area contributed by atoms with Crippen LogP contribution in [0.25, 0.3) is 0 Å². The number of esters is 1. The van der Waals surface area contributed by atoms with Gasteiger partial charge in [0.15, 0.2) is 5.60 Å². The minimum Gasteiger partial charge on any atom is -0.508 e. The Morgan fingerprint density at radius 2 is 1.60 bits per heavy atom. The molecule has 3 N–H and O–H groups in total. The maximum atomic E-state index is 13.4. The second-order valence-corrected chi connectivity index (χ2v) is 12.2. The summed E-state index contributed by atoms with van der Waals surface area (Å²) in [4.78, 5) is 43.5. The van der Waals surface area contributed by atoms with E-state index in [-0.39, 0.29) is 23.1 Å². The number of carbonyl (C=O) groups excluding carboxylic acids is 3. The Kier molecular flexibility index (Phi) is 9.65. The van der Waals surface area contributed by atoms with Gasteiger partial charge in [-0.15, -0.1) is 0 Å². The van der Waals surface area contributed by atoms with E-state index in [1.165, 1.54) is 12.1 Å². The summed E-state index contributed by atoms with van der Waals surface area (Å²) in [6.07, 6.45) is 2.77. The van der Waals surface area contributed by atoms with Crippen LogP contribution in [0.1, 0.15) is 70.0 Å². The van der Waals surface area contributed by atoms with Crippen molar-refractivity contribution in [2.45, 2.75) is 38.2 Å². The van der Waals surface area contributed by atoms with Gasteiger partial charge in [-0.25, -0.2) is 4.79 Å². The Bertz CT molecular complexity index is 1650. The van der Waals surface area contributed by atoms with Crippen molar-refractivity contribution in [1.29, 1.82) is 0 Å². The average Bonchev–Trinajstić information content (AvgIpc) is 3.37.